The molecule has 1 aromatic heterocycles. The SMILES string of the molecule is Cc1ccc(S(=O)(=O)N2CCN(CC(=O)NCc3cccc(Cn4ccnc4)c3)CC2)cc1. The second-order valence-electron chi connectivity index (χ2n) is 8.32. The molecule has 1 amide bonds. The number of rotatable bonds is 8. The minimum Gasteiger partial charge on any atom is -0.351 e. The highest BCUT2D eigenvalue weighted by Gasteiger charge is 2.28. The summed E-state index contributed by atoms with van der Waals surface area (Å²) in [6.07, 6.45) is 5.45. The Morgan fingerprint density at radius 3 is 2.45 bits per heavy atom. The van der Waals surface area contributed by atoms with Crippen LogP contribution in [-0.2, 0) is 27.9 Å². The molecule has 1 aliphatic rings. The summed E-state index contributed by atoms with van der Waals surface area (Å²) >= 11 is 0. The van der Waals surface area contributed by atoms with E-state index in [4.69, 9.17) is 0 Å². The van der Waals surface area contributed by atoms with Gasteiger partial charge in [0, 0.05) is 51.7 Å². The minimum atomic E-state index is -3.50. The van der Waals surface area contributed by atoms with Crippen molar-refractivity contribution in [3.05, 3.63) is 83.9 Å². The lowest BCUT2D eigenvalue weighted by Gasteiger charge is -2.33. The number of aryl methyl sites for hydroxylation is 1. The quantitative estimate of drug-likeness (QED) is 0.547. The standard InChI is InChI=1S/C24H29N5O3S/c1-20-5-7-23(8-6-20)33(31,32)29-13-11-27(12-14-29)18-24(30)26-16-21-3-2-4-22(15-21)17-28-10-9-25-19-28/h2-10,15,19H,11-14,16-18H2,1H3,(H,26,30). The number of amides is 1. The van der Waals surface area contributed by atoms with E-state index in [1.54, 1.807) is 36.8 Å². The molecule has 3 aromatic rings. The summed E-state index contributed by atoms with van der Waals surface area (Å²) in [4.78, 5) is 18.8. The van der Waals surface area contributed by atoms with Crippen LogP contribution in [0.5, 0.6) is 0 Å². The second-order valence-corrected chi connectivity index (χ2v) is 10.3. The van der Waals surface area contributed by atoms with E-state index in [2.05, 4.69) is 22.4 Å². The summed E-state index contributed by atoms with van der Waals surface area (Å²) in [5.41, 5.74) is 3.20. The first kappa shape index (κ1) is 23.2. The van der Waals surface area contributed by atoms with Crippen molar-refractivity contribution in [2.24, 2.45) is 0 Å². The Morgan fingerprint density at radius 2 is 1.76 bits per heavy atom. The van der Waals surface area contributed by atoms with Gasteiger partial charge in [0.15, 0.2) is 0 Å². The summed E-state index contributed by atoms with van der Waals surface area (Å²) < 4.78 is 29.2. The molecule has 1 saturated heterocycles. The Bertz CT molecular complexity index is 1170. The van der Waals surface area contributed by atoms with Crippen LogP contribution in [0.1, 0.15) is 16.7 Å². The van der Waals surface area contributed by atoms with Crippen molar-refractivity contribution < 1.29 is 13.2 Å². The molecule has 1 fully saturated rings. The summed E-state index contributed by atoms with van der Waals surface area (Å²) in [6, 6.07) is 15.0. The Labute approximate surface area is 194 Å². The van der Waals surface area contributed by atoms with Crippen LogP contribution in [-0.4, -0.2) is 65.8 Å². The van der Waals surface area contributed by atoms with E-state index in [1.807, 2.05) is 34.7 Å². The van der Waals surface area contributed by atoms with E-state index < -0.39 is 10.0 Å². The highest BCUT2D eigenvalue weighted by Crippen LogP contribution is 2.18. The van der Waals surface area contributed by atoms with Gasteiger partial charge in [-0.15, -0.1) is 0 Å². The van der Waals surface area contributed by atoms with Crippen LogP contribution in [0.3, 0.4) is 0 Å². The van der Waals surface area contributed by atoms with Crippen LogP contribution in [0.2, 0.25) is 0 Å². The van der Waals surface area contributed by atoms with Gasteiger partial charge >= 0.3 is 0 Å². The van der Waals surface area contributed by atoms with Crippen molar-refractivity contribution in [2.75, 3.05) is 32.7 Å². The van der Waals surface area contributed by atoms with Gasteiger partial charge in [-0.05, 0) is 30.2 Å². The van der Waals surface area contributed by atoms with Gasteiger partial charge < -0.3 is 9.88 Å². The number of benzene rings is 2. The summed E-state index contributed by atoms with van der Waals surface area (Å²) in [5.74, 6) is -0.0649. The smallest absolute Gasteiger partial charge is 0.243 e. The predicted octanol–water partition coefficient (Wildman–Crippen LogP) is 1.86. The lowest BCUT2D eigenvalue weighted by molar-refractivity contribution is -0.122. The molecule has 1 aliphatic heterocycles. The van der Waals surface area contributed by atoms with Gasteiger partial charge in [-0.1, -0.05) is 42.0 Å². The van der Waals surface area contributed by atoms with Crippen molar-refractivity contribution in [2.45, 2.75) is 24.9 Å². The first-order valence-electron chi connectivity index (χ1n) is 11.0. The molecule has 33 heavy (non-hydrogen) atoms. The number of nitrogens with zero attached hydrogens (tertiary/aromatic N) is 4. The molecule has 0 spiro atoms. The van der Waals surface area contributed by atoms with Crippen molar-refractivity contribution in [1.82, 2.24) is 24.1 Å². The summed E-state index contributed by atoms with van der Waals surface area (Å²) in [5, 5.41) is 2.97. The van der Waals surface area contributed by atoms with E-state index in [0.717, 1.165) is 23.2 Å². The molecule has 4 rings (SSSR count). The molecule has 0 saturated carbocycles. The number of carbonyl (C=O) groups is 1. The Kier molecular flexibility index (Phi) is 7.22. The molecule has 0 unspecified atom stereocenters. The first-order valence-corrected chi connectivity index (χ1v) is 12.4. The lowest BCUT2D eigenvalue weighted by Crippen LogP contribution is -2.50. The fourth-order valence-electron chi connectivity index (χ4n) is 3.88. The Balaban J connectivity index is 1.24. The van der Waals surface area contributed by atoms with E-state index in [1.165, 1.54) is 4.31 Å². The molecule has 1 N–H and O–H groups in total. The Morgan fingerprint density at radius 1 is 1.03 bits per heavy atom. The number of imidazole rings is 1. The molecule has 8 nitrogen and oxygen atoms in total. The maximum absolute atomic E-state index is 12.8. The number of hydrogen-bond donors (Lipinski definition) is 1. The zero-order chi connectivity index (χ0) is 23.3. The monoisotopic (exact) mass is 467 g/mol. The molecule has 9 heteroatoms. The zero-order valence-corrected chi connectivity index (χ0v) is 19.5. The van der Waals surface area contributed by atoms with E-state index >= 15 is 0 Å². The van der Waals surface area contributed by atoms with Crippen LogP contribution < -0.4 is 5.32 Å². The molecular weight excluding hydrogens is 438 g/mol. The molecule has 0 radical (unpaired) electrons. The van der Waals surface area contributed by atoms with Crippen LogP contribution >= 0.6 is 0 Å². The van der Waals surface area contributed by atoms with Gasteiger partial charge in [-0.25, -0.2) is 13.4 Å². The molecule has 2 heterocycles. The molecule has 0 aliphatic carbocycles. The van der Waals surface area contributed by atoms with Crippen molar-refractivity contribution in [3.8, 4) is 0 Å². The number of carbonyl (C=O) groups excluding carboxylic acids is 1. The normalized spacial score (nSPS) is 15.4. The van der Waals surface area contributed by atoms with Gasteiger partial charge in [0.1, 0.15) is 0 Å². The number of sulfonamides is 1. The molecule has 0 atom stereocenters. The lowest BCUT2D eigenvalue weighted by atomic mass is 10.1. The third-order valence-corrected chi connectivity index (χ3v) is 7.68. The highest BCUT2D eigenvalue weighted by atomic mass is 32.2. The van der Waals surface area contributed by atoms with Gasteiger partial charge in [0.2, 0.25) is 15.9 Å². The average Bonchev–Trinajstić information content (AvgIpc) is 3.32. The summed E-state index contributed by atoms with van der Waals surface area (Å²) in [7, 11) is -3.50. The van der Waals surface area contributed by atoms with Crippen LogP contribution in [0, 0.1) is 6.92 Å². The third-order valence-electron chi connectivity index (χ3n) is 5.76. The van der Waals surface area contributed by atoms with Gasteiger partial charge in [-0.3, -0.25) is 9.69 Å². The number of nitrogens with one attached hydrogen (secondary N) is 1. The van der Waals surface area contributed by atoms with Gasteiger partial charge in [0.25, 0.3) is 0 Å². The average molecular weight is 468 g/mol. The molecule has 174 valence electrons. The third kappa shape index (κ3) is 6.07. The topological polar surface area (TPSA) is 87.5 Å². The van der Waals surface area contributed by atoms with Crippen molar-refractivity contribution in [3.63, 3.8) is 0 Å². The summed E-state index contributed by atoms with van der Waals surface area (Å²) in [6.45, 7) is 5.18. The van der Waals surface area contributed by atoms with Gasteiger partial charge in [0.05, 0.1) is 17.8 Å². The highest BCUT2D eigenvalue weighted by molar-refractivity contribution is 7.89. The van der Waals surface area contributed by atoms with Gasteiger partial charge in [-0.2, -0.15) is 4.31 Å². The van der Waals surface area contributed by atoms with E-state index in [-0.39, 0.29) is 12.5 Å². The van der Waals surface area contributed by atoms with Crippen LogP contribution in [0.15, 0.2) is 72.1 Å². The van der Waals surface area contributed by atoms with Crippen LogP contribution in [0.25, 0.3) is 0 Å². The van der Waals surface area contributed by atoms with E-state index in [0.29, 0.717) is 37.6 Å². The maximum Gasteiger partial charge on any atom is 0.243 e. The number of aromatic nitrogens is 2. The molecule has 2 aromatic carbocycles. The van der Waals surface area contributed by atoms with E-state index in [9.17, 15) is 13.2 Å². The van der Waals surface area contributed by atoms with Crippen molar-refractivity contribution in [1.29, 1.82) is 0 Å². The first-order chi connectivity index (χ1) is 15.9. The fraction of sp³-hybridized carbons (Fsp3) is 0.333. The second kappa shape index (κ2) is 10.3. The number of hydrogen-bond acceptors (Lipinski definition) is 5. The molecule has 0 bridgehead atoms. The number of piperazine rings is 1. The molecular formula is C24H29N5O3S. The predicted molar refractivity (Wildman–Crippen MR) is 126 cm³/mol. The van der Waals surface area contributed by atoms with Crippen molar-refractivity contribution >= 4 is 15.9 Å². The largest absolute Gasteiger partial charge is 0.351 e. The van der Waals surface area contributed by atoms with Crippen LogP contribution in [0.4, 0.5) is 0 Å². The zero-order valence-electron chi connectivity index (χ0n) is 18.7. The maximum atomic E-state index is 12.8. The Hall–Kier alpha value is -3.01. The fourth-order valence-corrected chi connectivity index (χ4v) is 5.30. The minimum absolute atomic E-state index is 0.0649.